The first-order valence-corrected chi connectivity index (χ1v) is 5.71. The minimum atomic E-state index is -0.965. The van der Waals surface area contributed by atoms with Gasteiger partial charge in [-0.05, 0) is 25.0 Å². The van der Waals surface area contributed by atoms with Gasteiger partial charge in [-0.25, -0.2) is 4.79 Å². The smallest absolute Gasteiger partial charge is 0.339 e. The molecule has 5 nitrogen and oxygen atoms in total. The van der Waals surface area contributed by atoms with Crippen LogP contribution in [0, 0.1) is 0 Å². The van der Waals surface area contributed by atoms with Gasteiger partial charge >= 0.3 is 5.97 Å². The van der Waals surface area contributed by atoms with Crippen molar-refractivity contribution in [3.05, 3.63) is 23.8 Å². The van der Waals surface area contributed by atoms with E-state index in [9.17, 15) is 4.79 Å². The van der Waals surface area contributed by atoms with Crippen molar-refractivity contribution in [2.75, 3.05) is 11.5 Å². The Kier molecular flexibility index (Phi) is 2.22. The molecule has 0 saturated carbocycles. The Hall–Kier alpha value is -1.75. The molecule has 1 aromatic carbocycles. The molecule has 90 valence electrons. The Morgan fingerprint density at radius 1 is 1.47 bits per heavy atom. The van der Waals surface area contributed by atoms with Crippen molar-refractivity contribution in [2.45, 2.75) is 25.0 Å². The number of carboxylic acids is 1. The number of aromatic carboxylic acids is 1. The van der Waals surface area contributed by atoms with Crippen LogP contribution in [0.4, 0.5) is 5.69 Å². The first-order valence-electron chi connectivity index (χ1n) is 5.71. The minimum Gasteiger partial charge on any atom is -0.488 e. The number of benzene rings is 1. The van der Waals surface area contributed by atoms with Gasteiger partial charge in [0, 0.05) is 0 Å². The van der Waals surface area contributed by atoms with Gasteiger partial charge in [0.2, 0.25) is 0 Å². The van der Waals surface area contributed by atoms with Crippen molar-refractivity contribution >= 4 is 11.7 Å². The molecule has 2 aliphatic heterocycles. The summed E-state index contributed by atoms with van der Waals surface area (Å²) >= 11 is 0. The summed E-state index contributed by atoms with van der Waals surface area (Å²) in [6.07, 6.45) is 1.88. The van der Waals surface area contributed by atoms with Crippen LogP contribution in [0.1, 0.15) is 23.2 Å². The van der Waals surface area contributed by atoms with Gasteiger partial charge in [-0.1, -0.05) is 6.07 Å². The van der Waals surface area contributed by atoms with E-state index in [1.54, 1.807) is 12.1 Å². The van der Waals surface area contributed by atoms with Crippen LogP contribution in [-0.2, 0) is 0 Å². The molecule has 0 radical (unpaired) electrons. The fraction of sp³-hybridized carbons (Fsp3) is 0.417. The van der Waals surface area contributed by atoms with Crippen LogP contribution in [-0.4, -0.2) is 29.9 Å². The highest BCUT2D eigenvalue weighted by Crippen LogP contribution is 2.41. The number of nitrogens with zero attached hydrogens (tertiary/aromatic N) is 1. The highest BCUT2D eigenvalue weighted by atomic mass is 16.5. The maximum Gasteiger partial charge on any atom is 0.339 e. The fourth-order valence-corrected chi connectivity index (χ4v) is 2.68. The summed E-state index contributed by atoms with van der Waals surface area (Å²) in [4.78, 5) is 13.2. The van der Waals surface area contributed by atoms with E-state index in [2.05, 4.69) is 4.90 Å². The highest BCUT2D eigenvalue weighted by molar-refractivity contribution is 5.93. The number of anilines is 1. The van der Waals surface area contributed by atoms with Crippen molar-refractivity contribution < 1.29 is 14.6 Å². The standard InChI is InChI=1S/C12H14N2O3/c13-10-5-4-7-6-17-11-8(12(15)16)2-1-3-9(11)14(7)10/h1-3,7,10H,4-6,13H2,(H,15,16). The first-order chi connectivity index (χ1) is 8.18. The second kappa shape index (κ2) is 3.63. The van der Waals surface area contributed by atoms with E-state index in [0.29, 0.717) is 12.4 Å². The third-order valence-corrected chi connectivity index (χ3v) is 3.47. The number of para-hydroxylation sites is 1. The van der Waals surface area contributed by atoms with E-state index in [4.69, 9.17) is 15.6 Å². The summed E-state index contributed by atoms with van der Waals surface area (Å²) in [7, 11) is 0. The molecule has 1 saturated heterocycles. The topological polar surface area (TPSA) is 75.8 Å². The third kappa shape index (κ3) is 1.46. The summed E-state index contributed by atoms with van der Waals surface area (Å²) in [6.45, 7) is 0.519. The van der Waals surface area contributed by atoms with Gasteiger partial charge in [-0.3, -0.25) is 0 Å². The monoisotopic (exact) mass is 234 g/mol. The van der Waals surface area contributed by atoms with Gasteiger partial charge in [-0.2, -0.15) is 0 Å². The molecular formula is C12H14N2O3. The molecule has 1 fully saturated rings. The van der Waals surface area contributed by atoms with Crippen LogP contribution in [0.15, 0.2) is 18.2 Å². The van der Waals surface area contributed by atoms with E-state index >= 15 is 0 Å². The molecule has 17 heavy (non-hydrogen) atoms. The molecule has 0 spiro atoms. The van der Waals surface area contributed by atoms with Crippen LogP contribution in [0.5, 0.6) is 5.75 Å². The van der Waals surface area contributed by atoms with Crippen LogP contribution in [0.3, 0.4) is 0 Å². The van der Waals surface area contributed by atoms with Crippen molar-refractivity contribution in [3.63, 3.8) is 0 Å². The lowest BCUT2D eigenvalue weighted by Gasteiger charge is -2.36. The van der Waals surface area contributed by atoms with Gasteiger partial charge in [0.05, 0.1) is 17.9 Å². The zero-order valence-electron chi connectivity index (χ0n) is 9.30. The number of hydrogen-bond acceptors (Lipinski definition) is 4. The third-order valence-electron chi connectivity index (χ3n) is 3.47. The lowest BCUT2D eigenvalue weighted by atomic mass is 10.1. The van der Waals surface area contributed by atoms with Gasteiger partial charge in [0.25, 0.3) is 0 Å². The molecule has 0 aromatic heterocycles. The van der Waals surface area contributed by atoms with Crippen LogP contribution >= 0.6 is 0 Å². The second-order valence-corrected chi connectivity index (χ2v) is 4.48. The van der Waals surface area contributed by atoms with E-state index in [1.807, 2.05) is 6.07 Å². The Morgan fingerprint density at radius 2 is 2.29 bits per heavy atom. The molecule has 2 atom stereocenters. The highest BCUT2D eigenvalue weighted by Gasteiger charge is 2.37. The summed E-state index contributed by atoms with van der Waals surface area (Å²) in [5, 5.41) is 9.12. The van der Waals surface area contributed by atoms with Gasteiger partial charge in [0.1, 0.15) is 12.2 Å². The number of fused-ring (bicyclic) bond motifs is 3. The van der Waals surface area contributed by atoms with Crippen molar-refractivity contribution in [1.29, 1.82) is 0 Å². The summed E-state index contributed by atoms with van der Waals surface area (Å²) in [6, 6.07) is 5.45. The van der Waals surface area contributed by atoms with Crippen molar-refractivity contribution in [3.8, 4) is 5.75 Å². The lowest BCUT2D eigenvalue weighted by Crippen LogP contribution is -2.46. The van der Waals surface area contributed by atoms with E-state index < -0.39 is 5.97 Å². The molecule has 0 bridgehead atoms. The summed E-state index contributed by atoms with van der Waals surface area (Å²) < 4.78 is 5.60. The SMILES string of the molecule is NC1CCC2COc3c(C(=O)O)cccc3N12. The number of ether oxygens (including phenoxy) is 1. The molecule has 2 aliphatic rings. The van der Waals surface area contributed by atoms with Gasteiger partial charge < -0.3 is 20.5 Å². The Bertz CT molecular complexity index is 475. The number of rotatable bonds is 1. The largest absolute Gasteiger partial charge is 0.488 e. The molecular weight excluding hydrogens is 220 g/mol. The maximum absolute atomic E-state index is 11.1. The quantitative estimate of drug-likeness (QED) is 0.759. The number of carboxylic acid groups (broad SMARTS) is 1. The predicted molar refractivity (Wildman–Crippen MR) is 62.4 cm³/mol. The van der Waals surface area contributed by atoms with E-state index in [0.717, 1.165) is 18.5 Å². The molecule has 2 unspecified atom stereocenters. The Balaban J connectivity index is 2.11. The second-order valence-electron chi connectivity index (χ2n) is 4.48. The minimum absolute atomic E-state index is 0.0355. The zero-order valence-corrected chi connectivity index (χ0v) is 9.30. The summed E-state index contributed by atoms with van der Waals surface area (Å²) in [5.74, 6) is -0.512. The van der Waals surface area contributed by atoms with E-state index in [1.165, 1.54) is 0 Å². The van der Waals surface area contributed by atoms with Crippen molar-refractivity contribution in [1.82, 2.24) is 0 Å². The Labute approximate surface area is 98.8 Å². The van der Waals surface area contributed by atoms with Gasteiger partial charge in [0.15, 0.2) is 5.75 Å². The van der Waals surface area contributed by atoms with Crippen LogP contribution < -0.4 is 15.4 Å². The average molecular weight is 234 g/mol. The predicted octanol–water partition coefficient (Wildman–Crippen LogP) is 1.03. The molecule has 3 rings (SSSR count). The molecule has 1 aromatic rings. The number of carbonyl (C=O) groups is 1. The molecule has 3 N–H and O–H groups in total. The maximum atomic E-state index is 11.1. The van der Waals surface area contributed by atoms with Crippen LogP contribution in [0.2, 0.25) is 0 Å². The molecule has 0 amide bonds. The molecule has 0 aliphatic carbocycles. The number of hydrogen-bond donors (Lipinski definition) is 2. The summed E-state index contributed by atoms with van der Waals surface area (Å²) in [5.41, 5.74) is 7.07. The number of nitrogens with two attached hydrogens (primary N) is 1. The molecule has 2 heterocycles. The van der Waals surface area contributed by atoms with Crippen molar-refractivity contribution in [2.24, 2.45) is 5.73 Å². The zero-order chi connectivity index (χ0) is 12.0. The van der Waals surface area contributed by atoms with Gasteiger partial charge in [-0.15, -0.1) is 0 Å². The molecule has 5 heteroatoms. The van der Waals surface area contributed by atoms with Crippen LogP contribution in [0.25, 0.3) is 0 Å². The lowest BCUT2D eigenvalue weighted by molar-refractivity contribution is 0.0691. The first kappa shape index (κ1) is 10.4. The normalized spacial score (nSPS) is 26.1. The average Bonchev–Trinajstić information content (AvgIpc) is 2.70. The van der Waals surface area contributed by atoms with E-state index in [-0.39, 0.29) is 17.8 Å². The Morgan fingerprint density at radius 3 is 3.06 bits per heavy atom. The fourth-order valence-electron chi connectivity index (χ4n) is 2.68.